The summed E-state index contributed by atoms with van der Waals surface area (Å²) in [6.45, 7) is 10.5. The highest BCUT2D eigenvalue weighted by atomic mass is 16.2. The molecule has 0 unspecified atom stereocenters. The molecule has 0 bridgehead atoms. The van der Waals surface area contributed by atoms with Crippen molar-refractivity contribution in [1.29, 1.82) is 0 Å². The molecule has 0 radical (unpaired) electrons. The summed E-state index contributed by atoms with van der Waals surface area (Å²) >= 11 is 0. The van der Waals surface area contributed by atoms with Crippen LogP contribution in [0.25, 0.3) is 0 Å². The van der Waals surface area contributed by atoms with Crippen molar-refractivity contribution in [1.82, 2.24) is 15.2 Å². The lowest BCUT2D eigenvalue weighted by Crippen LogP contribution is -2.46. The number of nitrogens with one attached hydrogen (secondary N) is 1. The lowest BCUT2D eigenvalue weighted by molar-refractivity contribution is -0.138. The molecule has 0 saturated carbocycles. The van der Waals surface area contributed by atoms with Crippen molar-refractivity contribution in [2.45, 2.75) is 46.5 Å². The number of aromatic nitrogens is 1. The van der Waals surface area contributed by atoms with Crippen LogP contribution in [-0.2, 0) is 4.79 Å². The number of carbonyl (C=O) groups excluding carboxylic acids is 2. The molecule has 1 N–H and O–H groups in total. The Bertz CT molecular complexity index is 679. The lowest BCUT2D eigenvalue weighted by Gasteiger charge is -2.41. The Balaban J connectivity index is 1.50. The van der Waals surface area contributed by atoms with Gasteiger partial charge < -0.3 is 15.1 Å². The van der Waals surface area contributed by atoms with E-state index >= 15 is 0 Å². The highest BCUT2D eigenvalue weighted by Crippen LogP contribution is 2.35. The molecule has 2 aliphatic rings. The molecule has 154 valence electrons. The summed E-state index contributed by atoms with van der Waals surface area (Å²) in [5, 5.41) is 2.58. The van der Waals surface area contributed by atoms with E-state index < -0.39 is 0 Å². The second-order valence-electron chi connectivity index (χ2n) is 9.21. The number of pyridine rings is 1. The standard InChI is InChI=1S/C22H34N4O2/c1-22(2,3)17-9-13-26(14-10-17)21(28)16-7-11-25(12-8-16)18-5-6-19(24-15-18)20(27)23-4/h5-6,15-17H,7-14H2,1-4H3,(H,23,27). The third kappa shape index (κ3) is 4.65. The smallest absolute Gasteiger partial charge is 0.269 e. The lowest BCUT2D eigenvalue weighted by atomic mass is 9.75. The second kappa shape index (κ2) is 8.50. The molecular formula is C22H34N4O2. The molecule has 0 aliphatic carbocycles. The van der Waals surface area contributed by atoms with Gasteiger partial charge in [-0.2, -0.15) is 0 Å². The largest absolute Gasteiger partial charge is 0.370 e. The monoisotopic (exact) mass is 386 g/mol. The number of carbonyl (C=O) groups is 2. The Kier molecular flexibility index (Phi) is 6.26. The van der Waals surface area contributed by atoms with Crippen LogP contribution in [0.2, 0.25) is 0 Å². The molecule has 2 saturated heterocycles. The van der Waals surface area contributed by atoms with Crippen molar-refractivity contribution >= 4 is 17.5 Å². The minimum atomic E-state index is -0.175. The van der Waals surface area contributed by atoms with Crippen LogP contribution in [0.5, 0.6) is 0 Å². The van der Waals surface area contributed by atoms with E-state index in [4.69, 9.17) is 0 Å². The van der Waals surface area contributed by atoms with E-state index in [-0.39, 0.29) is 11.8 Å². The van der Waals surface area contributed by atoms with E-state index in [0.29, 0.717) is 22.9 Å². The highest BCUT2D eigenvalue weighted by molar-refractivity contribution is 5.92. The van der Waals surface area contributed by atoms with Gasteiger partial charge in [-0.25, -0.2) is 4.98 Å². The van der Waals surface area contributed by atoms with Gasteiger partial charge in [-0.1, -0.05) is 20.8 Å². The number of piperidine rings is 2. The number of hydrogen-bond donors (Lipinski definition) is 1. The third-order valence-corrected chi connectivity index (χ3v) is 6.45. The molecule has 6 nitrogen and oxygen atoms in total. The molecule has 1 aromatic heterocycles. The van der Waals surface area contributed by atoms with Gasteiger partial charge in [0, 0.05) is 39.1 Å². The van der Waals surface area contributed by atoms with Gasteiger partial charge >= 0.3 is 0 Å². The first kappa shape index (κ1) is 20.6. The minimum absolute atomic E-state index is 0.139. The van der Waals surface area contributed by atoms with E-state index in [2.05, 4.69) is 40.9 Å². The van der Waals surface area contributed by atoms with Crippen molar-refractivity contribution in [2.24, 2.45) is 17.3 Å². The topological polar surface area (TPSA) is 65.5 Å². The van der Waals surface area contributed by atoms with Crippen LogP contribution in [0.4, 0.5) is 5.69 Å². The maximum Gasteiger partial charge on any atom is 0.269 e. The fraction of sp³-hybridized carbons (Fsp3) is 0.682. The number of rotatable bonds is 3. The summed E-state index contributed by atoms with van der Waals surface area (Å²) in [7, 11) is 1.60. The predicted molar refractivity (Wildman–Crippen MR) is 111 cm³/mol. The Labute approximate surface area is 168 Å². The molecule has 2 aliphatic heterocycles. The number of hydrogen-bond acceptors (Lipinski definition) is 4. The maximum atomic E-state index is 13.0. The number of nitrogens with zero attached hydrogens (tertiary/aromatic N) is 3. The first-order valence-electron chi connectivity index (χ1n) is 10.5. The average molecular weight is 387 g/mol. The molecular weight excluding hydrogens is 352 g/mol. The Morgan fingerprint density at radius 3 is 2.18 bits per heavy atom. The molecule has 2 fully saturated rings. The van der Waals surface area contributed by atoms with Crippen molar-refractivity contribution in [3.8, 4) is 0 Å². The normalized spacial score (nSPS) is 19.6. The van der Waals surface area contributed by atoms with E-state index in [1.807, 2.05) is 6.07 Å². The zero-order valence-corrected chi connectivity index (χ0v) is 17.7. The average Bonchev–Trinajstić information content (AvgIpc) is 2.72. The SMILES string of the molecule is CNC(=O)c1ccc(N2CCC(C(=O)N3CCC(C(C)(C)C)CC3)CC2)cn1. The summed E-state index contributed by atoms with van der Waals surface area (Å²) in [6.07, 6.45) is 5.77. The van der Waals surface area contributed by atoms with Gasteiger partial charge in [0.2, 0.25) is 5.91 Å². The van der Waals surface area contributed by atoms with E-state index in [1.54, 1.807) is 19.3 Å². The third-order valence-electron chi connectivity index (χ3n) is 6.45. The molecule has 3 heterocycles. The van der Waals surface area contributed by atoms with Gasteiger partial charge in [-0.05, 0) is 49.1 Å². The fourth-order valence-electron chi connectivity index (χ4n) is 4.44. The first-order valence-corrected chi connectivity index (χ1v) is 10.5. The minimum Gasteiger partial charge on any atom is -0.370 e. The van der Waals surface area contributed by atoms with Crippen LogP contribution >= 0.6 is 0 Å². The molecule has 28 heavy (non-hydrogen) atoms. The zero-order valence-electron chi connectivity index (χ0n) is 17.7. The molecule has 2 amide bonds. The van der Waals surface area contributed by atoms with E-state index in [1.165, 1.54) is 0 Å². The Hall–Kier alpha value is -2.11. The van der Waals surface area contributed by atoms with Crippen LogP contribution < -0.4 is 10.2 Å². The Morgan fingerprint density at radius 2 is 1.68 bits per heavy atom. The quantitative estimate of drug-likeness (QED) is 0.867. The highest BCUT2D eigenvalue weighted by Gasteiger charge is 2.34. The molecule has 0 spiro atoms. The number of likely N-dealkylation sites (tertiary alicyclic amines) is 1. The van der Waals surface area contributed by atoms with E-state index in [0.717, 1.165) is 57.5 Å². The van der Waals surface area contributed by atoms with Crippen LogP contribution in [0.3, 0.4) is 0 Å². The summed E-state index contributed by atoms with van der Waals surface area (Å²) in [5.74, 6) is 1.02. The van der Waals surface area contributed by atoms with Gasteiger partial charge in [0.15, 0.2) is 0 Å². The molecule has 0 aromatic carbocycles. The van der Waals surface area contributed by atoms with Crippen molar-refractivity contribution in [2.75, 3.05) is 38.1 Å². The van der Waals surface area contributed by atoms with Crippen LogP contribution in [0.15, 0.2) is 18.3 Å². The molecule has 3 rings (SSSR count). The van der Waals surface area contributed by atoms with Gasteiger partial charge in [0.1, 0.15) is 5.69 Å². The second-order valence-corrected chi connectivity index (χ2v) is 9.21. The van der Waals surface area contributed by atoms with Crippen molar-refractivity contribution < 1.29 is 9.59 Å². The summed E-state index contributed by atoms with van der Waals surface area (Å²) < 4.78 is 0. The Morgan fingerprint density at radius 1 is 1.04 bits per heavy atom. The van der Waals surface area contributed by atoms with Crippen LogP contribution in [0, 0.1) is 17.3 Å². The van der Waals surface area contributed by atoms with Gasteiger partial charge in [0.05, 0.1) is 11.9 Å². The molecule has 1 aromatic rings. The summed E-state index contributed by atoms with van der Waals surface area (Å²) in [5.41, 5.74) is 1.78. The number of anilines is 1. The van der Waals surface area contributed by atoms with Gasteiger partial charge in [0.25, 0.3) is 5.91 Å². The van der Waals surface area contributed by atoms with Crippen molar-refractivity contribution in [3.05, 3.63) is 24.0 Å². The molecule has 6 heteroatoms. The van der Waals surface area contributed by atoms with Crippen LogP contribution in [-0.4, -0.2) is 54.9 Å². The predicted octanol–water partition coefficient (Wildman–Crippen LogP) is 2.94. The molecule has 0 atom stereocenters. The first-order chi connectivity index (χ1) is 13.3. The maximum absolute atomic E-state index is 13.0. The summed E-state index contributed by atoms with van der Waals surface area (Å²) in [4.78, 5) is 33.2. The van der Waals surface area contributed by atoms with Crippen molar-refractivity contribution in [3.63, 3.8) is 0 Å². The fourth-order valence-corrected chi connectivity index (χ4v) is 4.44. The van der Waals surface area contributed by atoms with Crippen LogP contribution in [0.1, 0.15) is 56.9 Å². The summed E-state index contributed by atoms with van der Waals surface area (Å²) in [6, 6.07) is 3.70. The number of amides is 2. The van der Waals surface area contributed by atoms with Gasteiger partial charge in [-0.15, -0.1) is 0 Å². The zero-order chi connectivity index (χ0) is 20.3. The van der Waals surface area contributed by atoms with E-state index in [9.17, 15) is 9.59 Å². The van der Waals surface area contributed by atoms with Gasteiger partial charge in [-0.3, -0.25) is 9.59 Å².